The molecule has 0 saturated carbocycles. The Bertz CT molecular complexity index is 947. The maximum atomic E-state index is 12.7. The molecule has 0 aliphatic carbocycles. The highest BCUT2D eigenvalue weighted by Gasteiger charge is 2.37. The Labute approximate surface area is 187 Å². The second kappa shape index (κ2) is 10.0. The standard InChI is InChI=1S/C19H20ClN3O7S/c1-28-13-7-11(6-12(20)17(13)30-10-15(21)24)8-14-18(26)23(19(27)31-14)9-16(25)22-2-4-29-5-3-22/h6-8H,2-5,9-10H2,1H3,(H2,21,24)/b14-8-. The number of rotatable bonds is 7. The minimum absolute atomic E-state index is 0.129. The minimum atomic E-state index is -0.678. The van der Waals surface area contributed by atoms with Crippen LogP contribution in [0.15, 0.2) is 17.0 Å². The summed E-state index contributed by atoms with van der Waals surface area (Å²) in [5, 5.41) is -0.397. The van der Waals surface area contributed by atoms with Gasteiger partial charge in [-0.2, -0.15) is 0 Å². The Kier molecular flexibility index (Phi) is 7.42. The van der Waals surface area contributed by atoms with E-state index in [0.717, 1.165) is 16.7 Å². The highest BCUT2D eigenvalue weighted by atomic mass is 35.5. The van der Waals surface area contributed by atoms with Crippen molar-refractivity contribution in [1.82, 2.24) is 9.80 Å². The third kappa shape index (κ3) is 5.49. The summed E-state index contributed by atoms with van der Waals surface area (Å²) in [5.74, 6) is -1.21. The Balaban J connectivity index is 1.76. The first kappa shape index (κ1) is 22.9. The average Bonchev–Trinajstić information content (AvgIpc) is 3.00. The lowest BCUT2D eigenvalue weighted by molar-refractivity contribution is -0.139. The Morgan fingerprint density at radius 1 is 1.29 bits per heavy atom. The Morgan fingerprint density at radius 3 is 2.65 bits per heavy atom. The summed E-state index contributed by atoms with van der Waals surface area (Å²) < 4.78 is 15.7. The van der Waals surface area contributed by atoms with Crippen LogP contribution >= 0.6 is 23.4 Å². The van der Waals surface area contributed by atoms with E-state index in [9.17, 15) is 19.2 Å². The summed E-state index contributed by atoms with van der Waals surface area (Å²) in [6.45, 7) is 0.989. The van der Waals surface area contributed by atoms with Crippen molar-refractivity contribution in [2.45, 2.75) is 0 Å². The summed E-state index contributed by atoms with van der Waals surface area (Å²) in [5.41, 5.74) is 5.55. The summed E-state index contributed by atoms with van der Waals surface area (Å²) >= 11 is 6.94. The van der Waals surface area contributed by atoms with Crippen LogP contribution < -0.4 is 15.2 Å². The molecule has 0 aromatic heterocycles. The summed E-state index contributed by atoms with van der Waals surface area (Å²) in [6, 6.07) is 3.03. The molecule has 0 atom stereocenters. The molecule has 2 fully saturated rings. The molecular formula is C19H20ClN3O7S. The second-order valence-corrected chi connectivity index (χ2v) is 7.95. The first-order valence-corrected chi connectivity index (χ1v) is 10.4. The number of hydrogen-bond donors (Lipinski definition) is 1. The molecule has 0 radical (unpaired) electrons. The molecule has 3 rings (SSSR count). The lowest BCUT2D eigenvalue weighted by atomic mass is 10.1. The molecular weight excluding hydrogens is 450 g/mol. The van der Waals surface area contributed by atoms with Crippen molar-refractivity contribution < 1.29 is 33.4 Å². The number of amides is 4. The van der Waals surface area contributed by atoms with Crippen molar-refractivity contribution >= 4 is 52.4 Å². The van der Waals surface area contributed by atoms with Gasteiger partial charge in [-0.25, -0.2) is 0 Å². The molecule has 2 saturated heterocycles. The lowest BCUT2D eigenvalue weighted by Gasteiger charge is -2.28. The molecule has 0 unspecified atom stereocenters. The van der Waals surface area contributed by atoms with Crippen molar-refractivity contribution in [3.63, 3.8) is 0 Å². The zero-order valence-corrected chi connectivity index (χ0v) is 18.2. The molecule has 0 spiro atoms. The van der Waals surface area contributed by atoms with Gasteiger partial charge in [0.25, 0.3) is 17.1 Å². The highest BCUT2D eigenvalue weighted by molar-refractivity contribution is 8.18. The first-order chi connectivity index (χ1) is 14.8. The fourth-order valence-electron chi connectivity index (χ4n) is 2.94. The van der Waals surface area contributed by atoms with E-state index in [0.29, 0.717) is 31.9 Å². The van der Waals surface area contributed by atoms with E-state index in [1.807, 2.05) is 0 Å². The van der Waals surface area contributed by atoms with Crippen molar-refractivity contribution in [3.05, 3.63) is 27.6 Å². The second-order valence-electron chi connectivity index (χ2n) is 6.55. The molecule has 2 N–H and O–H groups in total. The number of imide groups is 1. The van der Waals surface area contributed by atoms with Crippen LogP contribution in [0.4, 0.5) is 4.79 Å². The number of benzene rings is 1. The third-order valence-electron chi connectivity index (χ3n) is 4.44. The molecule has 4 amide bonds. The van der Waals surface area contributed by atoms with E-state index in [-0.39, 0.29) is 40.5 Å². The number of carbonyl (C=O) groups excluding carboxylic acids is 4. The van der Waals surface area contributed by atoms with Gasteiger partial charge in [-0.1, -0.05) is 11.6 Å². The van der Waals surface area contributed by atoms with Crippen molar-refractivity contribution in [2.75, 3.05) is 46.6 Å². The van der Waals surface area contributed by atoms with Crippen LogP contribution in [-0.2, 0) is 19.1 Å². The Hall–Kier alpha value is -2.76. The smallest absolute Gasteiger partial charge is 0.294 e. The van der Waals surface area contributed by atoms with Gasteiger partial charge in [0.2, 0.25) is 5.91 Å². The topological polar surface area (TPSA) is 128 Å². The maximum Gasteiger partial charge on any atom is 0.294 e. The van der Waals surface area contributed by atoms with E-state index in [4.69, 9.17) is 31.5 Å². The summed E-state index contributed by atoms with van der Waals surface area (Å²) in [4.78, 5) is 51.0. The van der Waals surface area contributed by atoms with Gasteiger partial charge in [0, 0.05) is 13.1 Å². The van der Waals surface area contributed by atoms with E-state index >= 15 is 0 Å². The molecule has 0 bridgehead atoms. The Morgan fingerprint density at radius 2 is 2.00 bits per heavy atom. The molecule has 2 aliphatic rings. The number of morpholine rings is 1. The molecule has 1 aromatic carbocycles. The zero-order chi connectivity index (χ0) is 22.5. The van der Waals surface area contributed by atoms with Gasteiger partial charge in [0.1, 0.15) is 6.54 Å². The van der Waals surface area contributed by atoms with E-state index in [2.05, 4.69) is 0 Å². The van der Waals surface area contributed by atoms with Gasteiger partial charge in [-0.05, 0) is 35.5 Å². The van der Waals surface area contributed by atoms with Crippen LogP contribution in [0.25, 0.3) is 6.08 Å². The number of hydrogen-bond acceptors (Lipinski definition) is 8. The lowest BCUT2D eigenvalue weighted by Crippen LogP contribution is -2.46. The SMILES string of the molecule is COc1cc(/C=C2\SC(=O)N(CC(=O)N3CCOCC3)C2=O)cc(Cl)c1OCC(N)=O. The maximum absolute atomic E-state index is 12.7. The van der Waals surface area contributed by atoms with Crippen molar-refractivity contribution in [3.8, 4) is 11.5 Å². The van der Waals surface area contributed by atoms with Gasteiger partial charge in [0.05, 0.1) is 30.3 Å². The number of carbonyl (C=O) groups is 4. The van der Waals surface area contributed by atoms with Crippen LogP contribution in [0.5, 0.6) is 11.5 Å². The molecule has 2 aliphatic heterocycles. The van der Waals surface area contributed by atoms with E-state index in [1.165, 1.54) is 25.3 Å². The highest BCUT2D eigenvalue weighted by Crippen LogP contribution is 2.39. The number of nitrogens with zero attached hydrogens (tertiary/aromatic N) is 2. The molecule has 12 heteroatoms. The van der Waals surface area contributed by atoms with Crippen LogP contribution in [0.1, 0.15) is 5.56 Å². The quantitative estimate of drug-likeness (QED) is 0.588. The largest absolute Gasteiger partial charge is 0.493 e. The van der Waals surface area contributed by atoms with Crippen LogP contribution in [0, 0.1) is 0 Å². The fraction of sp³-hybridized carbons (Fsp3) is 0.368. The number of halogens is 1. The molecule has 1 aromatic rings. The first-order valence-electron chi connectivity index (χ1n) is 9.19. The normalized spacial score (nSPS) is 17.9. The zero-order valence-electron chi connectivity index (χ0n) is 16.6. The van der Waals surface area contributed by atoms with Crippen molar-refractivity contribution in [1.29, 1.82) is 0 Å². The van der Waals surface area contributed by atoms with Gasteiger partial charge in [-0.15, -0.1) is 0 Å². The van der Waals surface area contributed by atoms with Gasteiger partial charge >= 0.3 is 0 Å². The predicted molar refractivity (Wildman–Crippen MR) is 113 cm³/mol. The van der Waals surface area contributed by atoms with Gasteiger partial charge in [-0.3, -0.25) is 24.1 Å². The van der Waals surface area contributed by atoms with Gasteiger partial charge < -0.3 is 24.8 Å². The van der Waals surface area contributed by atoms with Gasteiger partial charge in [0.15, 0.2) is 18.1 Å². The molecule has 10 nitrogen and oxygen atoms in total. The van der Waals surface area contributed by atoms with Crippen molar-refractivity contribution in [2.24, 2.45) is 5.73 Å². The molecule has 2 heterocycles. The predicted octanol–water partition coefficient (Wildman–Crippen LogP) is 1.11. The fourth-order valence-corrected chi connectivity index (χ4v) is 4.05. The number of methoxy groups -OCH3 is 1. The van der Waals surface area contributed by atoms with E-state index in [1.54, 1.807) is 4.90 Å². The number of primary amides is 1. The average molecular weight is 470 g/mol. The minimum Gasteiger partial charge on any atom is -0.493 e. The monoisotopic (exact) mass is 469 g/mol. The van der Waals surface area contributed by atoms with Crippen LogP contribution in [0.3, 0.4) is 0 Å². The van der Waals surface area contributed by atoms with Crippen LogP contribution in [0.2, 0.25) is 5.02 Å². The third-order valence-corrected chi connectivity index (χ3v) is 5.63. The van der Waals surface area contributed by atoms with Crippen LogP contribution in [-0.4, -0.2) is 79.3 Å². The molecule has 166 valence electrons. The number of nitrogens with two attached hydrogens (primary N) is 1. The summed E-state index contributed by atoms with van der Waals surface area (Å²) in [6.07, 6.45) is 1.47. The summed E-state index contributed by atoms with van der Waals surface area (Å²) in [7, 11) is 1.39. The number of thioether (sulfide) groups is 1. The molecule has 31 heavy (non-hydrogen) atoms. The number of ether oxygens (including phenoxy) is 3. The van der Waals surface area contributed by atoms with E-state index < -0.39 is 17.1 Å².